The van der Waals surface area contributed by atoms with Crippen LogP contribution in [0, 0.1) is 0 Å². The lowest BCUT2D eigenvalue weighted by molar-refractivity contribution is -0.162. The molecule has 1 saturated heterocycles. The Balaban J connectivity index is 1.70. The smallest absolute Gasteiger partial charge is 0.347 e. The maximum absolute atomic E-state index is 13.5. The zero-order valence-corrected chi connectivity index (χ0v) is 19.5. The molecule has 2 N–H and O–H groups in total. The average molecular weight is 555 g/mol. The zero-order valence-electron chi connectivity index (χ0n) is 18.0. The Morgan fingerprint density at radius 3 is 2.25 bits per heavy atom. The van der Waals surface area contributed by atoms with E-state index in [0.717, 1.165) is 24.3 Å². The zero-order chi connectivity index (χ0) is 26.9. The molecule has 2 amide bonds. The lowest BCUT2D eigenvalue weighted by Gasteiger charge is -2.26. The minimum absolute atomic E-state index is 0.0178. The maximum Gasteiger partial charge on any atom is 0.416 e. The number of rotatable bonds is 6. The number of alkyl halides is 6. The van der Waals surface area contributed by atoms with E-state index in [0.29, 0.717) is 12.1 Å². The summed E-state index contributed by atoms with van der Waals surface area (Å²) >= 11 is 6.06. The molecule has 0 aliphatic carbocycles. The van der Waals surface area contributed by atoms with E-state index in [9.17, 15) is 44.3 Å². The normalized spacial score (nSPS) is 16.9. The molecule has 2 aromatic rings. The van der Waals surface area contributed by atoms with E-state index in [4.69, 9.17) is 11.6 Å². The Morgan fingerprint density at radius 1 is 1.03 bits per heavy atom. The highest BCUT2D eigenvalue weighted by molar-refractivity contribution is 7.92. The van der Waals surface area contributed by atoms with E-state index in [1.807, 2.05) is 0 Å². The summed E-state index contributed by atoms with van der Waals surface area (Å²) in [4.78, 5) is 24.4. The van der Waals surface area contributed by atoms with Gasteiger partial charge >= 0.3 is 12.4 Å². The average Bonchev–Trinajstić information content (AvgIpc) is 2.73. The van der Waals surface area contributed by atoms with Gasteiger partial charge in [-0.05, 0) is 41.5 Å². The van der Waals surface area contributed by atoms with E-state index in [1.165, 1.54) is 18.2 Å². The van der Waals surface area contributed by atoms with Crippen LogP contribution in [-0.4, -0.2) is 44.0 Å². The van der Waals surface area contributed by atoms with Gasteiger partial charge in [0.05, 0.1) is 33.7 Å². The number of halogens is 7. The molecule has 194 valence electrons. The molecule has 6 nitrogen and oxygen atoms in total. The van der Waals surface area contributed by atoms with Gasteiger partial charge in [0.15, 0.2) is 15.9 Å². The molecule has 0 aromatic heterocycles. The van der Waals surface area contributed by atoms with Gasteiger partial charge in [0.2, 0.25) is 5.91 Å². The fourth-order valence-electron chi connectivity index (χ4n) is 3.34. The molecule has 1 aliphatic heterocycles. The second kappa shape index (κ2) is 10.1. The van der Waals surface area contributed by atoms with Crippen molar-refractivity contribution < 1.29 is 44.3 Å². The molecule has 0 spiro atoms. The second-order valence-electron chi connectivity index (χ2n) is 7.93. The van der Waals surface area contributed by atoms with Crippen LogP contribution in [0.15, 0.2) is 48.5 Å². The van der Waals surface area contributed by atoms with Gasteiger partial charge in [0.1, 0.15) is 0 Å². The summed E-state index contributed by atoms with van der Waals surface area (Å²) in [5.41, 5.74) is -1.83. The summed E-state index contributed by atoms with van der Waals surface area (Å²) in [6.07, 6.45) is -8.11. The van der Waals surface area contributed by atoms with E-state index >= 15 is 0 Å². The molecule has 14 heteroatoms. The van der Waals surface area contributed by atoms with Crippen molar-refractivity contribution >= 4 is 39.3 Å². The molecule has 0 saturated carbocycles. The maximum atomic E-state index is 13.5. The van der Waals surface area contributed by atoms with Crippen LogP contribution in [0.3, 0.4) is 0 Å². The topological polar surface area (TPSA) is 92.3 Å². The molecule has 1 unspecified atom stereocenters. The summed E-state index contributed by atoms with van der Waals surface area (Å²) in [6, 6.07) is 3.20. The predicted molar refractivity (Wildman–Crippen MR) is 119 cm³/mol. The molecule has 1 atom stereocenters. The van der Waals surface area contributed by atoms with Crippen LogP contribution in [0.5, 0.6) is 0 Å². The van der Waals surface area contributed by atoms with Gasteiger partial charge in [-0.1, -0.05) is 29.8 Å². The summed E-state index contributed by atoms with van der Waals surface area (Å²) in [7, 11) is -3.15. The van der Waals surface area contributed by atoms with Crippen LogP contribution in [0.4, 0.5) is 26.3 Å². The lowest BCUT2D eigenvalue weighted by Crippen LogP contribution is -2.52. The van der Waals surface area contributed by atoms with E-state index in [2.05, 4.69) is 5.32 Å². The van der Waals surface area contributed by atoms with Crippen LogP contribution in [0.2, 0.25) is 5.02 Å². The molecule has 2 aromatic carbocycles. The monoisotopic (exact) mass is 554 g/mol. The molecule has 3 rings (SSSR count). The quantitative estimate of drug-likeness (QED) is 0.411. The minimum Gasteiger partial charge on any atom is -0.347 e. The number of carbonyl (C=O) groups is 2. The summed E-state index contributed by atoms with van der Waals surface area (Å²) < 4.78 is 101. The van der Waals surface area contributed by atoms with Crippen LogP contribution in [0.1, 0.15) is 33.1 Å². The van der Waals surface area contributed by atoms with Crippen LogP contribution in [-0.2, 0) is 20.8 Å². The number of hydrogen-bond acceptors (Lipinski definition) is 4. The van der Waals surface area contributed by atoms with Gasteiger partial charge in [-0.25, -0.2) is 8.42 Å². The standard InChI is InChI=1S/C22H17ClF6N2O4S/c23-17-8-12(4-6-16(17)20(33)30-15-10-36(34,35)11-15)5-7-18(32)31-19(22(27,28)29)13-2-1-3-14(9-13)21(24,25)26/h1-9,15,19H,10-11H2,(H,30,33)(H,31,32). The molecule has 1 heterocycles. The lowest BCUT2D eigenvalue weighted by atomic mass is 10.0. The highest BCUT2D eigenvalue weighted by Crippen LogP contribution is 2.36. The summed E-state index contributed by atoms with van der Waals surface area (Å²) in [5.74, 6) is -2.24. The van der Waals surface area contributed by atoms with Crippen LogP contribution in [0.25, 0.3) is 6.08 Å². The van der Waals surface area contributed by atoms with Crippen LogP contribution >= 0.6 is 11.6 Å². The van der Waals surface area contributed by atoms with Gasteiger partial charge in [0.25, 0.3) is 5.91 Å². The number of carbonyl (C=O) groups excluding carboxylic acids is 2. The van der Waals surface area contributed by atoms with E-state index < -0.39 is 57.2 Å². The Morgan fingerprint density at radius 2 is 1.69 bits per heavy atom. The SMILES string of the molecule is O=C(C=Cc1ccc(C(=O)NC2CS(=O)(=O)C2)c(Cl)c1)NC(c1cccc(C(F)(F)F)c1)C(F)(F)F. The van der Waals surface area contributed by atoms with Gasteiger partial charge in [-0.3, -0.25) is 9.59 Å². The first-order chi connectivity index (χ1) is 16.5. The molecule has 1 fully saturated rings. The predicted octanol–water partition coefficient (Wildman–Crippen LogP) is 4.32. The van der Waals surface area contributed by atoms with Crippen molar-refractivity contribution in [2.45, 2.75) is 24.4 Å². The number of benzene rings is 2. The molecule has 1 aliphatic rings. The Kier molecular flexibility index (Phi) is 7.75. The van der Waals surface area contributed by atoms with Crippen molar-refractivity contribution in [1.82, 2.24) is 10.6 Å². The van der Waals surface area contributed by atoms with Crippen molar-refractivity contribution in [3.63, 3.8) is 0 Å². The van der Waals surface area contributed by atoms with Gasteiger partial charge in [0, 0.05) is 6.08 Å². The number of amides is 2. The van der Waals surface area contributed by atoms with Crippen molar-refractivity contribution in [3.05, 3.63) is 75.8 Å². The van der Waals surface area contributed by atoms with Crippen molar-refractivity contribution in [2.24, 2.45) is 0 Å². The summed E-state index contributed by atoms with van der Waals surface area (Å²) in [6.45, 7) is 0. The van der Waals surface area contributed by atoms with Crippen molar-refractivity contribution in [1.29, 1.82) is 0 Å². The molecule has 0 bridgehead atoms. The number of sulfone groups is 1. The molecule has 0 radical (unpaired) electrons. The van der Waals surface area contributed by atoms with Crippen LogP contribution < -0.4 is 10.6 Å². The minimum atomic E-state index is -5.08. The Bertz CT molecular complexity index is 1300. The number of hydrogen-bond donors (Lipinski definition) is 2. The van der Waals surface area contributed by atoms with E-state index in [-0.39, 0.29) is 27.7 Å². The second-order valence-corrected chi connectivity index (χ2v) is 10.5. The van der Waals surface area contributed by atoms with Gasteiger partial charge in [-0.2, -0.15) is 26.3 Å². The highest BCUT2D eigenvalue weighted by atomic mass is 35.5. The first-order valence-corrected chi connectivity index (χ1v) is 12.3. The Hall–Kier alpha value is -3.06. The fourth-order valence-corrected chi connectivity index (χ4v) is 4.91. The largest absolute Gasteiger partial charge is 0.416 e. The highest BCUT2D eigenvalue weighted by Gasteiger charge is 2.42. The fraction of sp³-hybridized carbons (Fsp3) is 0.273. The molecule has 36 heavy (non-hydrogen) atoms. The van der Waals surface area contributed by atoms with Gasteiger partial charge < -0.3 is 10.6 Å². The van der Waals surface area contributed by atoms with E-state index in [1.54, 1.807) is 5.32 Å². The molecular formula is C22H17ClF6N2O4S. The third-order valence-corrected chi connectivity index (χ3v) is 7.20. The summed E-state index contributed by atoms with van der Waals surface area (Å²) in [5, 5.41) is 4.08. The van der Waals surface area contributed by atoms with Crippen molar-refractivity contribution in [3.8, 4) is 0 Å². The third kappa shape index (κ3) is 7.00. The molecular weight excluding hydrogens is 538 g/mol. The Labute approximate surface area is 206 Å². The third-order valence-electron chi connectivity index (χ3n) is 5.07. The van der Waals surface area contributed by atoms with Crippen molar-refractivity contribution in [2.75, 3.05) is 11.5 Å². The number of nitrogens with one attached hydrogen (secondary N) is 2. The first kappa shape index (κ1) is 27.5. The first-order valence-electron chi connectivity index (χ1n) is 10.1. The van der Waals surface area contributed by atoms with Gasteiger partial charge in [-0.15, -0.1) is 0 Å².